The Bertz CT molecular complexity index is 551. The van der Waals surface area contributed by atoms with Gasteiger partial charge in [0.15, 0.2) is 0 Å². The molecule has 1 fully saturated rings. The van der Waals surface area contributed by atoms with Gasteiger partial charge in [0, 0.05) is 5.56 Å². The van der Waals surface area contributed by atoms with Gasteiger partial charge in [0.05, 0.1) is 10.5 Å². The van der Waals surface area contributed by atoms with Crippen LogP contribution < -0.4 is 11.1 Å². The Labute approximate surface area is 130 Å². The lowest BCUT2D eigenvalue weighted by Crippen LogP contribution is -2.56. The van der Waals surface area contributed by atoms with Gasteiger partial charge in [0.25, 0.3) is 5.91 Å². The van der Waals surface area contributed by atoms with E-state index in [1.54, 1.807) is 19.1 Å². The fourth-order valence-electron chi connectivity index (χ4n) is 2.79. The van der Waals surface area contributed by atoms with Crippen molar-refractivity contribution < 1.29 is 9.18 Å². The summed E-state index contributed by atoms with van der Waals surface area (Å²) in [6, 6.07) is 4.48. The third kappa shape index (κ3) is 3.59. The van der Waals surface area contributed by atoms with Crippen molar-refractivity contribution >= 4 is 23.1 Å². The average Bonchev–Trinajstić information content (AvgIpc) is 2.68. The zero-order valence-corrected chi connectivity index (χ0v) is 13.1. The molecule has 0 spiro atoms. The number of benzene rings is 1. The van der Waals surface area contributed by atoms with E-state index < -0.39 is 5.54 Å². The molecule has 2 rings (SSSR count). The number of aryl methyl sites for hydroxylation is 1. The zero-order valence-electron chi connectivity index (χ0n) is 12.2. The number of halogens is 1. The lowest BCUT2D eigenvalue weighted by Gasteiger charge is -2.33. The van der Waals surface area contributed by atoms with Crippen molar-refractivity contribution in [2.75, 3.05) is 0 Å². The highest BCUT2D eigenvalue weighted by Gasteiger charge is 2.35. The van der Waals surface area contributed by atoms with E-state index in [2.05, 4.69) is 5.32 Å². The third-order valence-electron chi connectivity index (χ3n) is 4.22. The van der Waals surface area contributed by atoms with Crippen molar-refractivity contribution in [1.29, 1.82) is 0 Å². The van der Waals surface area contributed by atoms with Crippen LogP contribution in [-0.4, -0.2) is 16.4 Å². The average molecular weight is 308 g/mol. The van der Waals surface area contributed by atoms with E-state index >= 15 is 0 Å². The van der Waals surface area contributed by atoms with E-state index in [0.717, 1.165) is 38.5 Å². The largest absolute Gasteiger partial charge is 0.391 e. The van der Waals surface area contributed by atoms with Gasteiger partial charge in [0.2, 0.25) is 0 Å². The topological polar surface area (TPSA) is 55.1 Å². The summed E-state index contributed by atoms with van der Waals surface area (Å²) in [4.78, 5) is 12.7. The fraction of sp³-hybridized carbons (Fsp3) is 0.500. The molecule has 0 saturated heterocycles. The summed E-state index contributed by atoms with van der Waals surface area (Å²) >= 11 is 5.19. The number of hydrogen-bond acceptors (Lipinski definition) is 2. The molecule has 3 nitrogen and oxygen atoms in total. The van der Waals surface area contributed by atoms with Gasteiger partial charge < -0.3 is 11.1 Å². The van der Waals surface area contributed by atoms with Gasteiger partial charge >= 0.3 is 0 Å². The van der Waals surface area contributed by atoms with Gasteiger partial charge in [-0.25, -0.2) is 4.39 Å². The number of nitrogens with one attached hydrogen (secondary N) is 1. The second-order valence-corrected chi connectivity index (χ2v) is 6.22. The third-order valence-corrected chi connectivity index (χ3v) is 4.61. The normalized spacial score (nSPS) is 17.8. The van der Waals surface area contributed by atoms with Crippen molar-refractivity contribution in [3.05, 3.63) is 35.1 Å². The van der Waals surface area contributed by atoms with E-state index in [1.807, 2.05) is 0 Å². The first-order valence-electron chi connectivity index (χ1n) is 7.33. The minimum atomic E-state index is -0.635. The maximum absolute atomic E-state index is 13.6. The summed E-state index contributed by atoms with van der Waals surface area (Å²) < 4.78 is 13.6. The number of carbonyl (C=O) groups is 1. The highest BCUT2D eigenvalue weighted by Crippen LogP contribution is 2.28. The molecule has 0 bridgehead atoms. The summed E-state index contributed by atoms with van der Waals surface area (Å²) in [6.45, 7) is 1.67. The maximum Gasteiger partial charge on any atom is 0.252 e. The summed E-state index contributed by atoms with van der Waals surface area (Å²) in [5.41, 5.74) is 6.08. The van der Waals surface area contributed by atoms with Gasteiger partial charge in [-0.2, -0.15) is 0 Å². The van der Waals surface area contributed by atoms with Crippen LogP contribution in [0.15, 0.2) is 18.2 Å². The standard InChI is InChI=1S/C16H21FN2OS/c1-11-6-7-12(10-13(11)17)14(20)19-16(15(18)21)8-4-2-3-5-9-16/h6-7,10H,2-5,8-9H2,1H3,(H2,18,21)(H,19,20). The van der Waals surface area contributed by atoms with Crippen molar-refractivity contribution in [3.63, 3.8) is 0 Å². The highest BCUT2D eigenvalue weighted by molar-refractivity contribution is 7.80. The Morgan fingerprint density at radius 3 is 2.43 bits per heavy atom. The van der Waals surface area contributed by atoms with Crippen LogP contribution in [0.2, 0.25) is 0 Å². The number of carbonyl (C=O) groups excluding carboxylic acids is 1. The molecule has 21 heavy (non-hydrogen) atoms. The van der Waals surface area contributed by atoms with Crippen molar-refractivity contribution in [3.8, 4) is 0 Å². The molecular weight excluding hydrogens is 287 g/mol. The van der Waals surface area contributed by atoms with E-state index in [1.165, 1.54) is 6.07 Å². The van der Waals surface area contributed by atoms with Gasteiger partial charge in [-0.3, -0.25) is 4.79 Å². The molecule has 1 amide bonds. The molecule has 1 aromatic rings. The van der Waals surface area contributed by atoms with E-state index in [-0.39, 0.29) is 11.7 Å². The quantitative estimate of drug-likeness (QED) is 0.666. The smallest absolute Gasteiger partial charge is 0.252 e. The molecule has 1 aliphatic rings. The van der Waals surface area contributed by atoms with Crippen LogP contribution in [0.4, 0.5) is 4.39 Å². The molecule has 0 aliphatic heterocycles. The molecule has 114 valence electrons. The minimum Gasteiger partial charge on any atom is -0.391 e. The van der Waals surface area contributed by atoms with Crippen LogP contribution in [0.5, 0.6) is 0 Å². The van der Waals surface area contributed by atoms with Crippen LogP contribution in [-0.2, 0) is 0 Å². The first-order chi connectivity index (χ1) is 9.94. The minimum absolute atomic E-state index is 0.304. The molecule has 0 atom stereocenters. The summed E-state index contributed by atoms with van der Waals surface area (Å²) in [7, 11) is 0. The second-order valence-electron chi connectivity index (χ2n) is 5.78. The number of hydrogen-bond donors (Lipinski definition) is 2. The summed E-state index contributed by atoms with van der Waals surface area (Å²) in [6.07, 6.45) is 5.73. The monoisotopic (exact) mass is 308 g/mol. The molecular formula is C16H21FN2OS. The molecule has 0 aromatic heterocycles. The summed E-state index contributed by atoms with van der Waals surface area (Å²) in [5, 5.41) is 2.96. The predicted octanol–water partition coefficient (Wildman–Crippen LogP) is 3.24. The SMILES string of the molecule is Cc1ccc(C(=O)NC2(C(N)=S)CCCCCC2)cc1F. The lowest BCUT2D eigenvalue weighted by atomic mass is 9.89. The van der Waals surface area contributed by atoms with Gasteiger partial charge in [-0.05, 0) is 37.5 Å². The van der Waals surface area contributed by atoms with Gasteiger partial charge in [-0.1, -0.05) is 44.0 Å². The van der Waals surface area contributed by atoms with Crippen LogP contribution in [0.3, 0.4) is 0 Å². The Hall–Kier alpha value is -1.49. The second kappa shape index (κ2) is 6.52. The number of thiocarbonyl (C=S) groups is 1. The highest BCUT2D eigenvalue weighted by atomic mass is 32.1. The van der Waals surface area contributed by atoms with Crippen LogP contribution in [0.25, 0.3) is 0 Å². The van der Waals surface area contributed by atoms with Gasteiger partial charge in [0.1, 0.15) is 5.82 Å². The Morgan fingerprint density at radius 1 is 1.29 bits per heavy atom. The van der Waals surface area contributed by atoms with Crippen molar-refractivity contribution in [2.24, 2.45) is 5.73 Å². The molecule has 0 radical (unpaired) electrons. The predicted molar refractivity (Wildman–Crippen MR) is 85.8 cm³/mol. The van der Waals surface area contributed by atoms with Crippen molar-refractivity contribution in [2.45, 2.75) is 51.0 Å². The summed E-state index contributed by atoms with van der Waals surface area (Å²) in [5.74, 6) is -0.698. The van der Waals surface area contributed by atoms with Crippen LogP contribution >= 0.6 is 12.2 Å². The number of amides is 1. The van der Waals surface area contributed by atoms with Crippen LogP contribution in [0.1, 0.15) is 54.4 Å². The Morgan fingerprint density at radius 2 is 1.90 bits per heavy atom. The Balaban J connectivity index is 2.21. The molecule has 1 aliphatic carbocycles. The van der Waals surface area contributed by atoms with Crippen LogP contribution in [0, 0.1) is 12.7 Å². The molecule has 5 heteroatoms. The number of nitrogens with two attached hydrogens (primary N) is 1. The maximum atomic E-state index is 13.6. The molecule has 1 aromatic carbocycles. The Kier molecular flexibility index (Phi) is 4.93. The first-order valence-corrected chi connectivity index (χ1v) is 7.74. The lowest BCUT2D eigenvalue weighted by molar-refractivity contribution is 0.0917. The van der Waals surface area contributed by atoms with Gasteiger partial charge in [-0.15, -0.1) is 0 Å². The molecule has 0 unspecified atom stereocenters. The van der Waals surface area contributed by atoms with Crippen molar-refractivity contribution in [1.82, 2.24) is 5.32 Å². The fourth-order valence-corrected chi connectivity index (χ4v) is 3.04. The van der Waals surface area contributed by atoms with E-state index in [4.69, 9.17) is 18.0 Å². The zero-order chi connectivity index (χ0) is 15.5. The molecule has 0 heterocycles. The van der Waals surface area contributed by atoms with E-state index in [9.17, 15) is 9.18 Å². The van der Waals surface area contributed by atoms with E-state index in [0.29, 0.717) is 16.1 Å². The first kappa shape index (κ1) is 15.9. The number of rotatable bonds is 3. The molecule has 3 N–H and O–H groups in total. The molecule has 1 saturated carbocycles.